The summed E-state index contributed by atoms with van der Waals surface area (Å²) in [6.45, 7) is 0. The molecule has 1 heterocycles. The van der Waals surface area contributed by atoms with E-state index >= 15 is 0 Å². The molecule has 0 radical (unpaired) electrons. The first kappa shape index (κ1) is 16.0. The Kier molecular flexibility index (Phi) is 4.12. The van der Waals surface area contributed by atoms with Crippen LogP contribution in [0.2, 0.25) is 10.0 Å². The molecule has 0 aliphatic carbocycles. The number of carbonyl (C=O) groups is 1. The molecule has 3 aromatic carbocycles. The number of halogens is 2. The van der Waals surface area contributed by atoms with E-state index in [0.29, 0.717) is 27.0 Å². The molecule has 0 fully saturated rings. The number of rotatable bonds is 2. The van der Waals surface area contributed by atoms with Crippen molar-refractivity contribution in [2.75, 3.05) is 4.90 Å². The SMILES string of the molecule is O=C(c1ccccc1)N1c2cc(Cl)ccc2O[C@H]1c1ccc(Cl)cc1. The van der Waals surface area contributed by atoms with Crippen molar-refractivity contribution in [2.24, 2.45) is 0 Å². The van der Waals surface area contributed by atoms with Gasteiger partial charge in [0, 0.05) is 21.2 Å². The smallest absolute Gasteiger partial charge is 0.261 e. The summed E-state index contributed by atoms with van der Waals surface area (Å²) in [5.74, 6) is 0.468. The number of hydrogen-bond acceptors (Lipinski definition) is 2. The third-order valence-corrected chi connectivity index (χ3v) is 4.54. The van der Waals surface area contributed by atoms with Crippen molar-refractivity contribution in [3.05, 3.63) is 94.0 Å². The van der Waals surface area contributed by atoms with Gasteiger partial charge in [0.15, 0.2) is 0 Å². The predicted octanol–water partition coefficient (Wildman–Crippen LogP) is 5.73. The van der Waals surface area contributed by atoms with Crippen molar-refractivity contribution in [1.29, 1.82) is 0 Å². The van der Waals surface area contributed by atoms with Crippen LogP contribution in [0.1, 0.15) is 22.1 Å². The molecule has 0 N–H and O–H groups in total. The predicted molar refractivity (Wildman–Crippen MR) is 99.5 cm³/mol. The van der Waals surface area contributed by atoms with Crippen LogP contribution in [-0.2, 0) is 0 Å². The van der Waals surface area contributed by atoms with Crippen LogP contribution >= 0.6 is 23.2 Å². The van der Waals surface area contributed by atoms with E-state index in [-0.39, 0.29) is 5.91 Å². The summed E-state index contributed by atoms with van der Waals surface area (Å²) in [5.41, 5.74) is 2.07. The molecule has 0 spiro atoms. The average Bonchev–Trinajstić information content (AvgIpc) is 3.01. The van der Waals surface area contributed by atoms with E-state index in [1.54, 1.807) is 47.4 Å². The standard InChI is InChI=1S/C20H13Cl2NO2/c21-15-8-6-14(7-9-15)20-23(19(24)13-4-2-1-3-5-13)17-12-16(22)10-11-18(17)25-20/h1-12,20H/t20-/m0/s1. The van der Waals surface area contributed by atoms with Crippen molar-refractivity contribution in [2.45, 2.75) is 6.23 Å². The van der Waals surface area contributed by atoms with Crippen LogP contribution in [0.5, 0.6) is 5.75 Å². The highest BCUT2D eigenvalue weighted by molar-refractivity contribution is 6.31. The lowest BCUT2D eigenvalue weighted by atomic mass is 10.1. The first-order valence-electron chi connectivity index (χ1n) is 7.74. The number of carbonyl (C=O) groups excluding carboxylic acids is 1. The number of hydrogen-bond donors (Lipinski definition) is 0. The van der Waals surface area contributed by atoms with Gasteiger partial charge in [-0.1, -0.05) is 53.5 Å². The van der Waals surface area contributed by atoms with E-state index in [1.807, 2.05) is 30.3 Å². The topological polar surface area (TPSA) is 29.5 Å². The van der Waals surface area contributed by atoms with Crippen molar-refractivity contribution in [3.8, 4) is 5.75 Å². The second-order valence-corrected chi connectivity index (χ2v) is 6.55. The van der Waals surface area contributed by atoms with Crippen molar-refractivity contribution in [1.82, 2.24) is 0 Å². The summed E-state index contributed by atoms with van der Waals surface area (Å²) in [6.07, 6.45) is -0.571. The molecule has 3 nitrogen and oxygen atoms in total. The minimum Gasteiger partial charge on any atom is -0.464 e. The maximum Gasteiger partial charge on any atom is 0.261 e. The highest BCUT2D eigenvalue weighted by Gasteiger charge is 2.37. The summed E-state index contributed by atoms with van der Waals surface area (Å²) in [4.78, 5) is 14.8. The van der Waals surface area contributed by atoms with E-state index in [1.165, 1.54) is 0 Å². The number of anilines is 1. The fourth-order valence-corrected chi connectivity index (χ4v) is 3.15. The first-order valence-corrected chi connectivity index (χ1v) is 8.49. The van der Waals surface area contributed by atoms with Gasteiger partial charge in [-0.05, 0) is 42.5 Å². The summed E-state index contributed by atoms with van der Waals surface area (Å²) in [7, 11) is 0. The van der Waals surface area contributed by atoms with E-state index < -0.39 is 6.23 Å². The summed E-state index contributed by atoms with van der Waals surface area (Å²) in [6, 6.07) is 21.6. The molecular formula is C20H13Cl2NO2. The van der Waals surface area contributed by atoms with Crippen LogP contribution < -0.4 is 9.64 Å². The Hall–Kier alpha value is -2.49. The number of amides is 1. The number of fused-ring (bicyclic) bond motifs is 1. The van der Waals surface area contributed by atoms with Crippen LogP contribution in [0.3, 0.4) is 0 Å². The lowest BCUT2D eigenvalue weighted by Crippen LogP contribution is -2.33. The highest BCUT2D eigenvalue weighted by Crippen LogP contribution is 2.45. The van der Waals surface area contributed by atoms with Gasteiger partial charge in [0.25, 0.3) is 5.91 Å². The normalized spacial score (nSPS) is 15.6. The summed E-state index contributed by atoms with van der Waals surface area (Å²) in [5, 5.41) is 1.17. The minimum atomic E-state index is -0.571. The molecule has 4 rings (SSSR count). The molecule has 0 saturated carbocycles. The van der Waals surface area contributed by atoms with Gasteiger partial charge in [0.2, 0.25) is 6.23 Å². The van der Waals surface area contributed by atoms with Crippen molar-refractivity contribution >= 4 is 34.8 Å². The second kappa shape index (κ2) is 6.43. The Bertz CT molecular complexity index is 926. The van der Waals surface area contributed by atoms with Crippen LogP contribution in [-0.4, -0.2) is 5.91 Å². The van der Waals surface area contributed by atoms with Crippen molar-refractivity contribution in [3.63, 3.8) is 0 Å². The fraction of sp³-hybridized carbons (Fsp3) is 0.0500. The van der Waals surface area contributed by atoms with E-state index in [2.05, 4.69) is 0 Å². The van der Waals surface area contributed by atoms with Gasteiger partial charge in [0.1, 0.15) is 5.75 Å². The number of ether oxygens (including phenoxy) is 1. The van der Waals surface area contributed by atoms with Gasteiger partial charge >= 0.3 is 0 Å². The van der Waals surface area contributed by atoms with Gasteiger partial charge in [-0.3, -0.25) is 9.69 Å². The largest absolute Gasteiger partial charge is 0.464 e. The molecule has 0 bridgehead atoms. The lowest BCUT2D eigenvalue weighted by Gasteiger charge is -2.24. The Labute approximate surface area is 155 Å². The molecule has 0 saturated heterocycles. The molecule has 1 atom stereocenters. The molecule has 3 aromatic rings. The summed E-state index contributed by atoms with van der Waals surface area (Å²) < 4.78 is 6.05. The van der Waals surface area contributed by atoms with E-state index in [9.17, 15) is 4.79 Å². The fourth-order valence-electron chi connectivity index (χ4n) is 2.86. The molecule has 0 aromatic heterocycles. The minimum absolute atomic E-state index is 0.151. The lowest BCUT2D eigenvalue weighted by molar-refractivity contribution is 0.0939. The van der Waals surface area contributed by atoms with Gasteiger partial charge in [-0.15, -0.1) is 0 Å². The molecule has 124 valence electrons. The van der Waals surface area contributed by atoms with E-state index in [0.717, 1.165) is 5.56 Å². The monoisotopic (exact) mass is 369 g/mol. The number of nitrogens with zero attached hydrogens (tertiary/aromatic N) is 1. The molecule has 1 aliphatic heterocycles. The Balaban J connectivity index is 1.81. The molecular weight excluding hydrogens is 357 g/mol. The third kappa shape index (κ3) is 2.97. The first-order chi connectivity index (χ1) is 12.1. The van der Waals surface area contributed by atoms with Crippen LogP contribution in [0.4, 0.5) is 5.69 Å². The molecule has 0 unspecified atom stereocenters. The van der Waals surface area contributed by atoms with Crippen LogP contribution in [0.25, 0.3) is 0 Å². The van der Waals surface area contributed by atoms with Gasteiger partial charge in [-0.25, -0.2) is 0 Å². The zero-order chi connectivity index (χ0) is 17.4. The van der Waals surface area contributed by atoms with Gasteiger partial charge in [-0.2, -0.15) is 0 Å². The highest BCUT2D eigenvalue weighted by atomic mass is 35.5. The zero-order valence-corrected chi connectivity index (χ0v) is 14.5. The Morgan fingerprint density at radius 1 is 0.880 bits per heavy atom. The van der Waals surface area contributed by atoms with Gasteiger partial charge < -0.3 is 4.74 Å². The van der Waals surface area contributed by atoms with Crippen LogP contribution in [0, 0.1) is 0 Å². The second-order valence-electron chi connectivity index (χ2n) is 5.67. The molecule has 1 amide bonds. The molecule has 1 aliphatic rings. The molecule has 5 heteroatoms. The number of benzene rings is 3. The van der Waals surface area contributed by atoms with Gasteiger partial charge in [0.05, 0.1) is 5.69 Å². The van der Waals surface area contributed by atoms with E-state index in [4.69, 9.17) is 27.9 Å². The zero-order valence-electron chi connectivity index (χ0n) is 13.0. The average molecular weight is 370 g/mol. The molecule has 25 heavy (non-hydrogen) atoms. The maximum absolute atomic E-state index is 13.1. The third-order valence-electron chi connectivity index (χ3n) is 4.05. The maximum atomic E-state index is 13.1. The summed E-state index contributed by atoms with van der Waals surface area (Å²) >= 11 is 12.1. The Morgan fingerprint density at radius 3 is 2.28 bits per heavy atom. The quantitative estimate of drug-likeness (QED) is 0.576. The van der Waals surface area contributed by atoms with Crippen molar-refractivity contribution < 1.29 is 9.53 Å². The Morgan fingerprint density at radius 2 is 1.56 bits per heavy atom. The van der Waals surface area contributed by atoms with Crippen LogP contribution in [0.15, 0.2) is 72.8 Å².